The summed E-state index contributed by atoms with van der Waals surface area (Å²) < 4.78 is 6.81. The normalized spacial score (nSPS) is 15.8. The lowest BCUT2D eigenvalue weighted by molar-refractivity contribution is 0.0320. The number of aromatic amines is 2. The molecule has 0 aliphatic carbocycles. The molecule has 4 aromatic rings. The van der Waals surface area contributed by atoms with E-state index in [1.54, 1.807) is 30.4 Å². The van der Waals surface area contributed by atoms with E-state index in [0.717, 1.165) is 42.5 Å². The second kappa shape index (κ2) is 11.7. The molecular weight excluding hydrogens is 506 g/mol. The number of H-pyrrole nitrogens is 2. The minimum absolute atomic E-state index is 0.211. The zero-order valence-electron chi connectivity index (χ0n) is 21.7. The number of pyridine rings is 1. The molecule has 1 fully saturated rings. The van der Waals surface area contributed by atoms with Crippen LogP contribution in [0.3, 0.4) is 0 Å². The molecule has 0 unspecified atom stereocenters. The molecule has 38 heavy (non-hydrogen) atoms. The molecule has 0 saturated carbocycles. The van der Waals surface area contributed by atoms with E-state index in [1.807, 2.05) is 6.07 Å². The smallest absolute Gasteiger partial charge is 0.261 e. The molecular formula is C27H34ClN7O3. The highest BCUT2D eigenvalue weighted by Gasteiger charge is 2.24. The number of rotatable bonds is 10. The molecule has 4 N–H and O–H groups in total. The number of ether oxygens (including phenoxy) is 1. The van der Waals surface area contributed by atoms with Crippen molar-refractivity contribution in [3.05, 3.63) is 63.3 Å². The van der Waals surface area contributed by atoms with Gasteiger partial charge in [-0.2, -0.15) is 5.10 Å². The van der Waals surface area contributed by atoms with Crippen molar-refractivity contribution in [3.8, 4) is 11.4 Å². The molecule has 1 aliphatic heterocycles. The summed E-state index contributed by atoms with van der Waals surface area (Å²) in [6.07, 6.45) is 6.59. The molecule has 4 heterocycles. The highest BCUT2D eigenvalue weighted by atomic mass is 35.5. The molecule has 0 radical (unpaired) electrons. The summed E-state index contributed by atoms with van der Waals surface area (Å²) in [7, 11) is 1.61. The van der Waals surface area contributed by atoms with Crippen LogP contribution in [0.5, 0.6) is 0 Å². The van der Waals surface area contributed by atoms with Crippen molar-refractivity contribution >= 4 is 28.3 Å². The van der Waals surface area contributed by atoms with Crippen LogP contribution >= 0.6 is 11.6 Å². The Morgan fingerprint density at radius 3 is 2.87 bits per heavy atom. The standard InChI is InChI=1S/C27H34ClN7O3/c1-17-11-19(18-4-8-34(9-5-18)15-21(36)16-38-2)12-23-25(17)33-26(32-23)24-22(3-6-30-27(24)37)29-7-10-35-14-20(28)13-31-35/h3,6,11-14,18,21,36H,4-5,7-10,15-16H2,1-2H3,(H,32,33)(H2,29,30,37)/t21-/m1/s1. The number of aliphatic hydroxyl groups is 1. The number of imidazole rings is 1. The summed E-state index contributed by atoms with van der Waals surface area (Å²) >= 11 is 5.95. The number of anilines is 1. The number of aliphatic hydroxyl groups excluding tert-OH is 1. The number of likely N-dealkylation sites (tertiary alicyclic amines) is 1. The molecule has 1 atom stereocenters. The van der Waals surface area contributed by atoms with E-state index < -0.39 is 6.10 Å². The van der Waals surface area contributed by atoms with Crippen molar-refractivity contribution in [1.29, 1.82) is 0 Å². The Balaban J connectivity index is 1.33. The monoisotopic (exact) mass is 539 g/mol. The first-order chi connectivity index (χ1) is 18.4. The van der Waals surface area contributed by atoms with Crippen LogP contribution in [0.25, 0.3) is 22.4 Å². The molecule has 1 saturated heterocycles. The van der Waals surface area contributed by atoms with Gasteiger partial charge in [-0.1, -0.05) is 17.7 Å². The molecule has 1 aliphatic rings. The van der Waals surface area contributed by atoms with Crippen LogP contribution in [0, 0.1) is 6.92 Å². The lowest BCUT2D eigenvalue weighted by Crippen LogP contribution is -2.39. The first-order valence-electron chi connectivity index (χ1n) is 12.9. The number of piperidine rings is 1. The van der Waals surface area contributed by atoms with Gasteiger partial charge in [-0.15, -0.1) is 0 Å². The molecule has 10 nitrogen and oxygen atoms in total. The Bertz CT molecular complexity index is 1440. The Morgan fingerprint density at radius 2 is 2.13 bits per heavy atom. The number of aryl methyl sites for hydroxylation is 1. The maximum Gasteiger partial charge on any atom is 0.261 e. The Kier molecular flexibility index (Phi) is 8.13. The zero-order chi connectivity index (χ0) is 26.6. The predicted octanol–water partition coefficient (Wildman–Crippen LogP) is 3.38. The Morgan fingerprint density at radius 1 is 1.32 bits per heavy atom. The molecule has 11 heteroatoms. The third-order valence-electron chi connectivity index (χ3n) is 7.14. The lowest BCUT2D eigenvalue weighted by Gasteiger charge is -2.33. The third kappa shape index (κ3) is 5.94. The van der Waals surface area contributed by atoms with Gasteiger partial charge in [0.15, 0.2) is 0 Å². The summed E-state index contributed by atoms with van der Waals surface area (Å²) in [4.78, 5) is 26.2. The van der Waals surface area contributed by atoms with Gasteiger partial charge in [-0.3, -0.25) is 9.48 Å². The van der Waals surface area contributed by atoms with E-state index >= 15 is 0 Å². The number of hydrogen-bond donors (Lipinski definition) is 4. The highest BCUT2D eigenvalue weighted by Crippen LogP contribution is 2.33. The molecule has 1 aromatic carbocycles. The largest absolute Gasteiger partial charge is 0.389 e. The number of halogens is 1. The molecule has 3 aromatic heterocycles. The Labute approximate surface area is 226 Å². The topological polar surface area (TPSA) is 124 Å². The van der Waals surface area contributed by atoms with Gasteiger partial charge in [0, 0.05) is 32.6 Å². The van der Waals surface area contributed by atoms with E-state index in [0.29, 0.717) is 54.3 Å². The van der Waals surface area contributed by atoms with Crippen LogP contribution in [-0.2, 0) is 11.3 Å². The number of benzene rings is 1. The molecule has 202 valence electrons. The molecule has 0 bridgehead atoms. The van der Waals surface area contributed by atoms with Gasteiger partial charge < -0.3 is 30.0 Å². The predicted molar refractivity (Wildman–Crippen MR) is 149 cm³/mol. The van der Waals surface area contributed by atoms with Crippen LogP contribution in [0.1, 0.15) is 29.9 Å². The number of fused-ring (bicyclic) bond motifs is 1. The summed E-state index contributed by atoms with van der Waals surface area (Å²) in [6, 6.07) is 6.23. The fourth-order valence-electron chi connectivity index (χ4n) is 5.29. The average Bonchev–Trinajstić information content (AvgIpc) is 3.51. The number of nitrogens with zero attached hydrogens (tertiary/aromatic N) is 4. The number of β-amino-alcohol motifs (C(OH)–C–C–N with tert-alkyl or cyclic N) is 1. The van der Waals surface area contributed by atoms with Gasteiger partial charge in [0.05, 0.1) is 47.2 Å². The molecule has 5 rings (SSSR count). The van der Waals surface area contributed by atoms with Gasteiger partial charge >= 0.3 is 0 Å². The quantitative estimate of drug-likeness (QED) is 0.243. The minimum atomic E-state index is -0.455. The van der Waals surface area contributed by atoms with Crippen LogP contribution in [0.4, 0.5) is 5.69 Å². The maximum absolute atomic E-state index is 12.9. The van der Waals surface area contributed by atoms with Gasteiger partial charge in [0.25, 0.3) is 5.56 Å². The van der Waals surface area contributed by atoms with Gasteiger partial charge in [0.2, 0.25) is 0 Å². The third-order valence-corrected chi connectivity index (χ3v) is 7.34. The number of nitrogens with one attached hydrogen (secondary N) is 3. The lowest BCUT2D eigenvalue weighted by atomic mass is 9.88. The van der Waals surface area contributed by atoms with Crippen LogP contribution < -0.4 is 10.9 Å². The van der Waals surface area contributed by atoms with Crippen LogP contribution in [0.15, 0.2) is 41.6 Å². The van der Waals surface area contributed by atoms with E-state index in [1.165, 1.54) is 5.56 Å². The minimum Gasteiger partial charge on any atom is -0.389 e. The van der Waals surface area contributed by atoms with Crippen molar-refractivity contribution in [1.82, 2.24) is 29.6 Å². The fraction of sp³-hybridized carbons (Fsp3) is 0.444. The highest BCUT2D eigenvalue weighted by molar-refractivity contribution is 6.30. The molecule has 0 amide bonds. The van der Waals surface area contributed by atoms with Crippen molar-refractivity contribution in [2.24, 2.45) is 0 Å². The first-order valence-corrected chi connectivity index (χ1v) is 13.3. The first kappa shape index (κ1) is 26.4. The van der Waals surface area contributed by atoms with Crippen LogP contribution in [0.2, 0.25) is 5.02 Å². The van der Waals surface area contributed by atoms with Gasteiger partial charge in [0.1, 0.15) is 11.4 Å². The zero-order valence-corrected chi connectivity index (χ0v) is 22.5. The summed E-state index contributed by atoms with van der Waals surface area (Å²) in [5.41, 5.74) is 5.11. The van der Waals surface area contributed by atoms with Crippen LogP contribution in [-0.4, -0.2) is 80.7 Å². The van der Waals surface area contributed by atoms with Gasteiger partial charge in [-0.05, 0) is 62.0 Å². The van der Waals surface area contributed by atoms with Crippen molar-refractivity contribution in [2.45, 2.75) is 38.3 Å². The average molecular weight is 540 g/mol. The number of methoxy groups -OCH3 is 1. The molecule has 0 spiro atoms. The number of hydrogen-bond acceptors (Lipinski definition) is 7. The number of aromatic nitrogens is 5. The van der Waals surface area contributed by atoms with Crippen molar-refractivity contribution < 1.29 is 9.84 Å². The summed E-state index contributed by atoms with van der Waals surface area (Å²) in [5, 5.41) is 18.2. The van der Waals surface area contributed by atoms with E-state index in [4.69, 9.17) is 21.3 Å². The van der Waals surface area contributed by atoms with Crippen molar-refractivity contribution in [2.75, 3.05) is 45.2 Å². The second-order valence-electron chi connectivity index (χ2n) is 9.95. The summed E-state index contributed by atoms with van der Waals surface area (Å²) in [6.45, 7) is 6.12. The van der Waals surface area contributed by atoms with E-state index in [2.05, 4.69) is 44.3 Å². The Hall–Kier alpha value is -3.18. The fourth-order valence-corrected chi connectivity index (χ4v) is 5.45. The maximum atomic E-state index is 12.9. The van der Waals surface area contributed by atoms with E-state index in [-0.39, 0.29) is 5.56 Å². The SMILES string of the molecule is COC[C@H](O)CN1CCC(c2cc(C)c3nc(-c4c(NCCn5cc(Cl)cn5)cc[nH]c4=O)[nH]c3c2)CC1. The van der Waals surface area contributed by atoms with Crippen molar-refractivity contribution in [3.63, 3.8) is 0 Å². The second-order valence-corrected chi connectivity index (χ2v) is 10.4. The summed E-state index contributed by atoms with van der Waals surface area (Å²) in [5.74, 6) is 0.975. The van der Waals surface area contributed by atoms with Gasteiger partial charge in [-0.25, -0.2) is 4.98 Å². The van der Waals surface area contributed by atoms with E-state index in [9.17, 15) is 9.90 Å².